The Morgan fingerprint density at radius 3 is 2.67 bits per heavy atom. The molecule has 0 bridgehead atoms. The summed E-state index contributed by atoms with van der Waals surface area (Å²) < 4.78 is 0. The molecule has 0 spiro atoms. The average molecular weight is 274 g/mol. The molecule has 0 saturated heterocycles. The van der Waals surface area contributed by atoms with Crippen molar-refractivity contribution in [3.05, 3.63) is 5.01 Å². The van der Waals surface area contributed by atoms with Crippen LogP contribution in [0.3, 0.4) is 0 Å². The van der Waals surface area contributed by atoms with E-state index in [0.717, 1.165) is 5.01 Å². The molecule has 2 amide bonds. The molecular weight excluding hydrogens is 260 g/mol. The van der Waals surface area contributed by atoms with Gasteiger partial charge in [0.15, 0.2) is 0 Å². The molecule has 0 aliphatic heterocycles. The van der Waals surface area contributed by atoms with Gasteiger partial charge in [-0.15, -0.1) is 10.2 Å². The smallest absolute Gasteiger partial charge is 0.326 e. The summed E-state index contributed by atoms with van der Waals surface area (Å²) in [4.78, 5) is 22.2. The number of carbonyl (C=O) groups is 2. The molecule has 100 valence electrons. The van der Waals surface area contributed by atoms with Gasteiger partial charge in [0.1, 0.15) is 11.0 Å². The fourth-order valence-electron chi connectivity index (χ4n) is 1.12. The standard InChI is InChI=1S/C9H14N4O4S/c1-2-6-12-13-9(18-6)11-8(17)10-5(3-4-14)7(15)16/h5,14H,2-4H2,1H3,(H,15,16)(H2,10,11,13,17)/t5-/m0/s1. The third kappa shape index (κ3) is 4.26. The first kappa shape index (κ1) is 14.3. The van der Waals surface area contributed by atoms with Crippen molar-refractivity contribution < 1.29 is 19.8 Å². The number of aliphatic hydroxyl groups excluding tert-OH is 1. The number of carboxylic acid groups (broad SMARTS) is 1. The number of amides is 2. The number of carboxylic acids is 1. The fraction of sp³-hybridized carbons (Fsp3) is 0.556. The van der Waals surface area contributed by atoms with Gasteiger partial charge in [-0.3, -0.25) is 5.32 Å². The Balaban J connectivity index is 2.51. The van der Waals surface area contributed by atoms with E-state index >= 15 is 0 Å². The summed E-state index contributed by atoms with van der Waals surface area (Å²) in [6.07, 6.45) is 0.655. The molecule has 0 unspecified atom stereocenters. The van der Waals surface area contributed by atoms with Crippen molar-refractivity contribution in [3.8, 4) is 0 Å². The van der Waals surface area contributed by atoms with Gasteiger partial charge in [0.05, 0.1) is 0 Å². The molecule has 0 aliphatic carbocycles. The third-order valence-corrected chi connectivity index (χ3v) is 2.99. The van der Waals surface area contributed by atoms with E-state index < -0.39 is 18.0 Å². The highest BCUT2D eigenvalue weighted by molar-refractivity contribution is 7.15. The van der Waals surface area contributed by atoms with E-state index in [9.17, 15) is 9.59 Å². The number of nitrogens with one attached hydrogen (secondary N) is 2. The Labute approximate surface area is 107 Å². The van der Waals surface area contributed by atoms with Crippen molar-refractivity contribution in [2.45, 2.75) is 25.8 Å². The van der Waals surface area contributed by atoms with Crippen molar-refractivity contribution in [2.75, 3.05) is 11.9 Å². The molecule has 1 aromatic heterocycles. The van der Waals surface area contributed by atoms with Gasteiger partial charge in [-0.2, -0.15) is 0 Å². The minimum Gasteiger partial charge on any atom is -0.480 e. The monoisotopic (exact) mass is 274 g/mol. The van der Waals surface area contributed by atoms with Crippen LogP contribution in [0.5, 0.6) is 0 Å². The second-order valence-corrected chi connectivity index (χ2v) is 4.42. The first-order chi connectivity index (χ1) is 8.56. The van der Waals surface area contributed by atoms with Crippen molar-refractivity contribution >= 4 is 28.5 Å². The summed E-state index contributed by atoms with van der Waals surface area (Å²) in [7, 11) is 0. The van der Waals surface area contributed by atoms with E-state index in [1.54, 1.807) is 0 Å². The minimum atomic E-state index is -1.20. The first-order valence-electron chi connectivity index (χ1n) is 5.30. The highest BCUT2D eigenvalue weighted by Crippen LogP contribution is 2.14. The Hall–Kier alpha value is -1.74. The van der Waals surface area contributed by atoms with Crippen LogP contribution >= 0.6 is 11.3 Å². The molecule has 4 N–H and O–H groups in total. The molecule has 18 heavy (non-hydrogen) atoms. The molecule has 0 saturated carbocycles. The predicted octanol–water partition coefficient (Wildman–Crippen LogP) is 0.0576. The van der Waals surface area contributed by atoms with E-state index in [0.29, 0.717) is 11.6 Å². The van der Waals surface area contributed by atoms with Crippen molar-refractivity contribution in [1.29, 1.82) is 0 Å². The summed E-state index contributed by atoms with van der Waals surface area (Å²) >= 11 is 1.22. The van der Waals surface area contributed by atoms with E-state index in [1.807, 2.05) is 6.92 Å². The van der Waals surface area contributed by atoms with Gasteiger partial charge >= 0.3 is 12.0 Å². The minimum absolute atomic E-state index is 0.0565. The van der Waals surface area contributed by atoms with Crippen molar-refractivity contribution in [2.24, 2.45) is 0 Å². The number of carbonyl (C=O) groups excluding carboxylic acids is 1. The molecule has 0 fully saturated rings. The predicted molar refractivity (Wildman–Crippen MR) is 64.6 cm³/mol. The highest BCUT2D eigenvalue weighted by Gasteiger charge is 2.19. The summed E-state index contributed by atoms with van der Waals surface area (Å²) in [6, 6.07) is -1.82. The third-order valence-electron chi connectivity index (χ3n) is 2.01. The Kier molecular flexibility index (Phi) is 5.46. The molecule has 0 aliphatic rings. The Bertz CT molecular complexity index is 422. The first-order valence-corrected chi connectivity index (χ1v) is 6.12. The number of urea groups is 1. The van der Waals surface area contributed by atoms with Gasteiger partial charge in [-0.05, 0) is 6.42 Å². The normalized spacial score (nSPS) is 11.9. The van der Waals surface area contributed by atoms with Gasteiger partial charge in [-0.1, -0.05) is 18.3 Å². The van der Waals surface area contributed by atoms with Crippen LogP contribution in [-0.4, -0.2) is 45.1 Å². The summed E-state index contributed by atoms with van der Waals surface area (Å²) in [5, 5.41) is 30.7. The van der Waals surface area contributed by atoms with Crippen molar-refractivity contribution in [1.82, 2.24) is 15.5 Å². The molecule has 1 rings (SSSR count). The molecule has 0 aromatic carbocycles. The molecule has 8 nitrogen and oxygen atoms in total. The lowest BCUT2D eigenvalue weighted by atomic mass is 10.2. The number of anilines is 1. The van der Waals surface area contributed by atoms with E-state index in [-0.39, 0.29) is 13.0 Å². The topological polar surface area (TPSA) is 124 Å². The van der Waals surface area contributed by atoms with Crippen LogP contribution < -0.4 is 10.6 Å². The lowest BCUT2D eigenvalue weighted by molar-refractivity contribution is -0.139. The van der Waals surface area contributed by atoms with Crippen molar-refractivity contribution in [3.63, 3.8) is 0 Å². The molecule has 1 heterocycles. The SMILES string of the molecule is CCc1nnc(NC(=O)N[C@@H](CCO)C(=O)O)s1. The zero-order chi connectivity index (χ0) is 13.5. The second-order valence-electron chi connectivity index (χ2n) is 3.36. The van der Waals surface area contributed by atoms with E-state index in [2.05, 4.69) is 20.8 Å². The molecule has 0 radical (unpaired) electrons. The highest BCUT2D eigenvalue weighted by atomic mass is 32.1. The quantitative estimate of drug-likeness (QED) is 0.581. The lowest BCUT2D eigenvalue weighted by Gasteiger charge is -2.12. The zero-order valence-electron chi connectivity index (χ0n) is 9.71. The van der Waals surface area contributed by atoms with Crippen LogP contribution in [0.25, 0.3) is 0 Å². The van der Waals surface area contributed by atoms with Gasteiger partial charge < -0.3 is 15.5 Å². The van der Waals surface area contributed by atoms with Crippen LogP contribution in [0.2, 0.25) is 0 Å². The average Bonchev–Trinajstić information content (AvgIpc) is 2.76. The van der Waals surface area contributed by atoms with Gasteiger partial charge in [0.25, 0.3) is 0 Å². The number of hydrogen-bond acceptors (Lipinski definition) is 6. The molecule has 9 heteroatoms. The van der Waals surface area contributed by atoms with Gasteiger partial charge in [0, 0.05) is 13.0 Å². The Morgan fingerprint density at radius 1 is 1.44 bits per heavy atom. The lowest BCUT2D eigenvalue weighted by Crippen LogP contribution is -2.43. The number of nitrogens with zero attached hydrogens (tertiary/aromatic N) is 2. The van der Waals surface area contributed by atoms with Crippen LogP contribution in [-0.2, 0) is 11.2 Å². The number of aryl methyl sites for hydroxylation is 1. The van der Waals surface area contributed by atoms with Crippen LogP contribution in [0.4, 0.5) is 9.93 Å². The number of aromatic nitrogens is 2. The number of aliphatic carboxylic acids is 1. The zero-order valence-corrected chi connectivity index (χ0v) is 10.5. The molecular formula is C9H14N4O4S. The Morgan fingerprint density at radius 2 is 2.17 bits per heavy atom. The largest absolute Gasteiger partial charge is 0.480 e. The van der Waals surface area contributed by atoms with Crippen LogP contribution in [0.1, 0.15) is 18.4 Å². The molecule has 1 aromatic rings. The van der Waals surface area contributed by atoms with Gasteiger partial charge in [-0.25, -0.2) is 9.59 Å². The summed E-state index contributed by atoms with van der Waals surface area (Å²) in [5.74, 6) is -1.20. The van der Waals surface area contributed by atoms with Crippen LogP contribution in [0.15, 0.2) is 0 Å². The summed E-state index contributed by atoms with van der Waals surface area (Å²) in [6.45, 7) is 1.59. The number of rotatable bonds is 6. The van der Waals surface area contributed by atoms with E-state index in [4.69, 9.17) is 10.2 Å². The van der Waals surface area contributed by atoms with Gasteiger partial charge in [0.2, 0.25) is 5.13 Å². The van der Waals surface area contributed by atoms with E-state index in [1.165, 1.54) is 11.3 Å². The van der Waals surface area contributed by atoms with Crippen LogP contribution in [0, 0.1) is 0 Å². The maximum absolute atomic E-state index is 11.5. The maximum Gasteiger partial charge on any atom is 0.326 e. The fourth-order valence-corrected chi connectivity index (χ4v) is 1.80. The number of aliphatic hydroxyl groups is 1. The second kappa shape index (κ2) is 6.87. The summed E-state index contributed by atoms with van der Waals surface area (Å²) in [5.41, 5.74) is 0. The maximum atomic E-state index is 11.5. The molecule has 1 atom stereocenters. The number of hydrogen-bond donors (Lipinski definition) is 4.